The second-order valence-corrected chi connectivity index (χ2v) is 6.48. The summed E-state index contributed by atoms with van der Waals surface area (Å²) in [4.78, 5) is 0. The lowest BCUT2D eigenvalue weighted by Gasteiger charge is -2.16. The molecule has 1 aromatic carbocycles. The number of epoxide rings is 1. The van der Waals surface area contributed by atoms with Crippen LogP contribution in [0.25, 0.3) is 0 Å². The lowest BCUT2D eigenvalue weighted by molar-refractivity contribution is 0.0309. The van der Waals surface area contributed by atoms with Crippen LogP contribution in [0.2, 0.25) is 0 Å². The molecule has 0 amide bonds. The fourth-order valence-electron chi connectivity index (χ4n) is 2.88. The Morgan fingerprint density at radius 2 is 1.73 bits per heavy atom. The van der Waals surface area contributed by atoms with E-state index in [9.17, 15) is 0 Å². The maximum Gasteiger partial charge on any atom is 0.0810 e. The first-order chi connectivity index (χ1) is 10.9. The number of unbranched alkanes of at least 4 members (excludes halogenated alkanes) is 5. The molecule has 2 nitrogen and oxygen atoms in total. The molecule has 1 aromatic rings. The smallest absolute Gasteiger partial charge is 0.0810 e. The molecule has 0 aliphatic carbocycles. The van der Waals surface area contributed by atoms with Crippen LogP contribution >= 0.6 is 0 Å². The highest BCUT2D eigenvalue weighted by Gasteiger charge is 2.20. The van der Waals surface area contributed by atoms with E-state index in [1.165, 1.54) is 56.9 Å². The Bertz CT molecular complexity index is 373. The van der Waals surface area contributed by atoms with Crippen molar-refractivity contribution in [3.05, 3.63) is 35.9 Å². The van der Waals surface area contributed by atoms with Crippen molar-refractivity contribution in [2.45, 2.75) is 83.5 Å². The van der Waals surface area contributed by atoms with Gasteiger partial charge in [-0.05, 0) is 24.8 Å². The van der Waals surface area contributed by atoms with Gasteiger partial charge in [0.1, 0.15) is 0 Å². The molecular formula is C20H32O2. The van der Waals surface area contributed by atoms with Crippen LogP contribution in [0.3, 0.4) is 0 Å². The second kappa shape index (κ2) is 10.8. The van der Waals surface area contributed by atoms with Gasteiger partial charge in [0.15, 0.2) is 0 Å². The van der Waals surface area contributed by atoms with Crippen molar-refractivity contribution in [1.82, 2.24) is 0 Å². The van der Waals surface area contributed by atoms with Crippen LogP contribution in [0, 0.1) is 0 Å². The molecule has 0 N–H and O–H groups in total. The summed E-state index contributed by atoms with van der Waals surface area (Å²) in [6.07, 6.45) is 12.8. The Hall–Kier alpha value is -0.860. The van der Waals surface area contributed by atoms with Crippen LogP contribution in [0.1, 0.15) is 70.3 Å². The minimum absolute atomic E-state index is 0.423. The van der Waals surface area contributed by atoms with Gasteiger partial charge >= 0.3 is 0 Å². The molecule has 2 unspecified atom stereocenters. The quantitative estimate of drug-likeness (QED) is 0.354. The van der Waals surface area contributed by atoms with Crippen molar-refractivity contribution in [2.75, 3.05) is 6.61 Å². The van der Waals surface area contributed by atoms with Gasteiger partial charge in [-0.3, -0.25) is 0 Å². The topological polar surface area (TPSA) is 21.8 Å². The Morgan fingerprint density at radius 1 is 1.05 bits per heavy atom. The molecule has 0 bridgehead atoms. The zero-order valence-electron chi connectivity index (χ0n) is 14.1. The number of benzene rings is 1. The fourth-order valence-corrected chi connectivity index (χ4v) is 2.88. The standard InChI is InChI=1S/C20H32O2/c1-2-19(21-16-18-12-8-7-9-13-18)14-10-5-3-4-6-11-15-20-17-22-20/h7-9,12-13,19-20H,2-6,10-11,14-17H2,1H3. The average Bonchev–Trinajstić information content (AvgIpc) is 3.38. The van der Waals surface area contributed by atoms with E-state index in [1.54, 1.807) is 0 Å². The Labute approximate surface area is 136 Å². The Kier molecular flexibility index (Phi) is 8.59. The molecule has 1 aliphatic heterocycles. The Balaban J connectivity index is 1.43. The first-order valence-electron chi connectivity index (χ1n) is 9.15. The van der Waals surface area contributed by atoms with E-state index < -0.39 is 0 Å². The highest BCUT2D eigenvalue weighted by Crippen LogP contribution is 2.19. The van der Waals surface area contributed by atoms with E-state index in [-0.39, 0.29) is 0 Å². The van der Waals surface area contributed by atoms with Crippen LogP contribution in [-0.2, 0) is 16.1 Å². The molecule has 1 heterocycles. The maximum absolute atomic E-state index is 6.04. The summed E-state index contributed by atoms with van der Waals surface area (Å²) in [6.45, 7) is 4.00. The van der Waals surface area contributed by atoms with Gasteiger partial charge in [0.25, 0.3) is 0 Å². The summed E-state index contributed by atoms with van der Waals surface area (Å²) in [6, 6.07) is 10.5. The summed E-state index contributed by atoms with van der Waals surface area (Å²) in [7, 11) is 0. The van der Waals surface area contributed by atoms with E-state index in [1.807, 2.05) is 0 Å². The molecule has 0 radical (unpaired) electrons. The van der Waals surface area contributed by atoms with Crippen LogP contribution in [0.5, 0.6) is 0 Å². The van der Waals surface area contributed by atoms with E-state index in [0.29, 0.717) is 12.2 Å². The molecule has 1 fully saturated rings. The second-order valence-electron chi connectivity index (χ2n) is 6.48. The van der Waals surface area contributed by atoms with Crippen molar-refractivity contribution < 1.29 is 9.47 Å². The summed E-state index contributed by atoms with van der Waals surface area (Å²) < 4.78 is 11.3. The first-order valence-corrected chi connectivity index (χ1v) is 9.15. The predicted molar refractivity (Wildman–Crippen MR) is 92.0 cm³/mol. The molecule has 22 heavy (non-hydrogen) atoms. The summed E-state index contributed by atoms with van der Waals surface area (Å²) >= 11 is 0. The van der Waals surface area contributed by atoms with Crippen molar-refractivity contribution in [1.29, 1.82) is 0 Å². The number of hydrogen-bond acceptors (Lipinski definition) is 2. The van der Waals surface area contributed by atoms with Crippen LogP contribution < -0.4 is 0 Å². The first kappa shape index (κ1) is 17.5. The van der Waals surface area contributed by atoms with Gasteiger partial charge in [0.2, 0.25) is 0 Å². The molecular weight excluding hydrogens is 272 g/mol. The molecule has 2 rings (SSSR count). The van der Waals surface area contributed by atoms with Crippen molar-refractivity contribution >= 4 is 0 Å². The third-order valence-corrected chi connectivity index (χ3v) is 4.49. The highest BCUT2D eigenvalue weighted by molar-refractivity contribution is 5.13. The van der Waals surface area contributed by atoms with Gasteiger partial charge in [0, 0.05) is 0 Å². The molecule has 2 heteroatoms. The van der Waals surface area contributed by atoms with Crippen LogP contribution in [-0.4, -0.2) is 18.8 Å². The summed E-state index contributed by atoms with van der Waals surface area (Å²) in [5.74, 6) is 0. The fraction of sp³-hybridized carbons (Fsp3) is 0.700. The lowest BCUT2D eigenvalue weighted by atomic mass is 10.0. The van der Waals surface area contributed by atoms with Gasteiger partial charge in [-0.25, -0.2) is 0 Å². The number of rotatable bonds is 13. The molecule has 0 saturated carbocycles. The zero-order chi connectivity index (χ0) is 15.5. The lowest BCUT2D eigenvalue weighted by Crippen LogP contribution is -2.11. The van der Waals surface area contributed by atoms with Gasteiger partial charge in [-0.1, -0.05) is 75.8 Å². The average molecular weight is 304 g/mol. The van der Waals surface area contributed by atoms with Crippen molar-refractivity contribution in [3.8, 4) is 0 Å². The number of ether oxygens (including phenoxy) is 2. The molecule has 1 saturated heterocycles. The molecule has 0 aromatic heterocycles. The summed E-state index contributed by atoms with van der Waals surface area (Å²) in [5, 5.41) is 0. The molecule has 124 valence electrons. The van der Waals surface area contributed by atoms with E-state index in [0.717, 1.165) is 19.6 Å². The van der Waals surface area contributed by atoms with Gasteiger partial charge in [-0.2, -0.15) is 0 Å². The van der Waals surface area contributed by atoms with E-state index >= 15 is 0 Å². The summed E-state index contributed by atoms with van der Waals surface area (Å²) in [5.41, 5.74) is 1.28. The van der Waals surface area contributed by atoms with Crippen LogP contribution in [0.4, 0.5) is 0 Å². The SMILES string of the molecule is CCC(CCCCCCCCC1CO1)OCc1ccccc1. The minimum Gasteiger partial charge on any atom is -0.374 e. The van der Waals surface area contributed by atoms with E-state index in [4.69, 9.17) is 9.47 Å². The third-order valence-electron chi connectivity index (χ3n) is 4.49. The van der Waals surface area contributed by atoms with E-state index in [2.05, 4.69) is 37.3 Å². The predicted octanol–water partition coefficient (Wildman–Crippen LogP) is 5.50. The highest BCUT2D eigenvalue weighted by atomic mass is 16.6. The number of hydrogen-bond donors (Lipinski definition) is 0. The van der Waals surface area contributed by atoms with Crippen molar-refractivity contribution in [3.63, 3.8) is 0 Å². The third kappa shape index (κ3) is 7.95. The largest absolute Gasteiger partial charge is 0.374 e. The molecule has 2 atom stereocenters. The van der Waals surface area contributed by atoms with Crippen LogP contribution in [0.15, 0.2) is 30.3 Å². The van der Waals surface area contributed by atoms with Crippen molar-refractivity contribution in [2.24, 2.45) is 0 Å². The van der Waals surface area contributed by atoms with Gasteiger partial charge < -0.3 is 9.47 Å². The normalized spacial score (nSPS) is 18.3. The van der Waals surface area contributed by atoms with Gasteiger partial charge in [-0.15, -0.1) is 0 Å². The zero-order valence-corrected chi connectivity index (χ0v) is 14.1. The van der Waals surface area contributed by atoms with Gasteiger partial charge in [0.05, 0.1) is 25.4 Å². The maximum atomic E-state index is 6.04. The molecule has 1 aliphatic rings. The monoisotopic (exact) mass is 304 g/mol. The Morgan fingerprint density at radius 3 is 2.41 bits per heavy atom. The molecule has 0 spiro atoms. The minimum atomic E-state index is 0.423.